The number of fused-ring (bicyclic) bond motifs is 2. The Balaban J connectivity index is 0.000000135. The number of benzene rings is 4. The molecule has 0 unspecified atom stereocenters. The fraction of sp³-hybridized carbons (Fsp3) is 0.0476. The average Bonchev–Trinajstić information content (AvgIpc) is 4.09. The van der Waals surface area contributed by atoms with Crippen LogP contribution >= 0.6 is 22.7 Å². The minimum Gasteiger partial charge on any atom is -0.468 e. The van der Waals surface area contributed by atoms with Crippen molar-refractivity contribution in [2.45, 2.75) is 6.42 Å². The zero-order valence-electron chi connectivity index (χ0n) is 29.3. The van der Waals surface area contributed by atoms with Gasteiger partial charge in [0.1, 0.15) is 15.8 Å². The molecule has 55 heavy (non-hydrogen) atoms. The highest BCUT2D eigenvalue weighted by Gasteiger charge is 2.25. The largest absolute Gasteiger partial charge is 0.468 e. The number of H-pyrrole nitrogens is 2. The molecule has 2 amide bonds. The summed E-state index contributed by atoms with van der Waals surface area (Å²) in [5, 5.41) is 11.9. The highest BCUT2D eigenvalue weighted by molar-refractivity contribution is 7.13. The molecule has 2 aliphatic heterocycles. The van der Waals surface area contributed by atoms with Crippen LogP contribution in [0.15, 0.2) is 133 Å². The third-order valence-electron chi connectivity index (χ3n) is 8.64. The molecule has 13 heteroatoms. The first kappa shape index (κ1) is 35.1. The van der Waals surface area contributed by atoms with Crippen LogP contribution in [0.5, 0.6) is 6.01 Å². The molecule has 0 spiro atoms. The molecule has 4 aromatic carbocycles. The van der Waals surface area contributed by atoms with Gasteiger partial charge in [-0.3, -0.25) is 9.59 Å². The number of imidazole rings is 2. The number of rotatable bonds is 6. The molecule has 8 aromatic rings. The molecule has 4 aromatic heterocycles. The Bertz CT molecular complexity index is 2600. The van der Waals surface area contributed by atoms with E-state index in [0.717, 1.165) is 66.2 Å². The van der Waals surface area contributed by atoms with Crippen molar-refractivity contribution < 1.29 is 14.3 Å². The Morgan fingerprint density at radius 1 is 0.673 bits per heavy atom. The van der Waals surface area contributed by atoms with E-state index >= 15 is 0 Å². The predicted molar refractivity (Wildman–Crippen MR) is 219 cm³/mol. The molecule has 10 rings (SSSR count). The van der Waals surface area contributed by atoms with E-state index in [9.17, 15) is 9.59 Å². The van der Waals surface area contributed by atoms with Crippen molar-refractivity contribution in [2.24, 2.45) is 0 Å². The van der Waals surface area contributed by atoms with Gasteiger partial charge in [-0.1, -0.05) is 72.8 Å². The first-order valence-corrected chi connectivity index (χ1v) is 18.9. The van der Waals surface area contributed by atoms with Gasteiger partial charge < -0.3 is 25.3 Å². The van der Waals surface area contributed by atoms with E-state index in [1.165, 1.54) is 0 Å². The second kappa shape index (κ2) is 16.0. The van der Waals surface area contributed by atoms with Gasteiger partial charge in [0.15, 0.2) is 0 Å². The number of nitrogens with zero attached hydrogens (tertiary/aromatic N) is 4. The normalized spacial score (nSPS) is 13.1. The molecule has 0 saturated carbocycles. The quantitative estimate of drug-likeness (QED) is 0.124. The summed E-state index contributed by atoms with van der Waals surface area (Å²) in [7, 11) is 1.57. The Morgan fingerprint density at radius 2 is 1.29 bits per heavy atom. The van der Waals surface area contributed by atoms with Crippen molar-refractivity contribution in [1.29, 1.82) is 0 Å². The molecule has 6 heterocycles. The number of hydrogen-bond donors (Lipinski definition) is 4. The van der Waals surface area contributed by atoms with Gasteiger partial charge >= 0.3 is 0 Å². The molecule has 270 valence electrons. The molecule has 11 nitrogen and oxygen atoms in total. The van der Waals surface area contributed by atoms with Crippen molar-refractivity contribution in [3.05, 3.63) is 150 Å². The van der Waals surface area contributed by atoms with Gasteiger partial charge in [-0.15, -0.1) is 22.7 Å². The number of nitrogens with one attached hydrogen (secondary N) is 4. The first-order chi connectivity index (χ1) is 27.0. The summed E-state index contributed by atoms with van der Waals surface area (Å²) in [4.78, 5) is 46.9. The smallest absolute Gasteiger partial charge is 0.293 e. The van der Waals surface area contributed by atoms with Gasteiger partial charge in [-0.05, 0) is 35.9 Å². The molecule has 0 fully saturated rings. The number of amides is 2. The van der Waals surface area contributed by atoms with Crippen LogP contribution in [0, 0.1) is 0 Å². The van der Waals surface area contributed by atoms with Crippen molar-refractivity contribution in [3.63, 3.8) is 0 Å². The zero-order valence-corrected chi connectivity index (χ0v) is 30.9. The lowest BCUT2D eigenvalue weighted by atomic mass is 10.0. The summed E-state index contributed by atoms with van der Waals surface area (Å²) in [6.45, 7) is 0. The average molecular weight is 761 g/mol. The number of aromatic nitrogens is 6. The van der Waals surface area contributed by atoms with E-state index in [1.807, 2.05) is 72.1 Å². The van der Waals surface area contributed by atoms with E-state index in [2.05, 4.69) is 71.0 Å². The van der Waals surface area contributed by atoms with Gasteiger partial charge in [0.25, 0.3) is 11.9 Å². The monoisotopic (exact) mass is 760 g/mol. The lowest BCUT2D eigenvalue weighted by Crippen LogP contribution is -2.03. The van der Waals surface area contributed by atoms with Gasteiger partial charge in [0.2, 0.25) is 5.91 Å². The molecule has 4 N–H and O–H groups in total. The molecule has 0 atom stereocenters. The van der Waals surface area contributed by atoms with Crippen LogP contribution in [0.1, 0.15) is 17.0 Å². The summed E-state index contributed by atoms with van der Waals surface area (Å²) in [5.74, 6) is 0.589. The van der Waals surface area contributed by atoms with Gasteiger partial charge in [-0.2, -0.15) is 0 Å². The molecule has 0 saturated heterocycles. The highest BCUT2D eigenvalue weighted by atomic mass is 32.1. The molecule has 0 bridgehead atoms. The first-order valence-electron chi connectivity index (χ1n) is 17.2. The van der Waals surface area contributed by atoms with Crippen molar-refractivity contribution in [2.75, 3.05) is 17.7 Å². The lowest BCUT2D eigenvalue weighted by molar-refractivity contribution is -0.115. The van der Waals surface area contributed by atoms with Crippen LogP contribution in [0.4, 0.5) is 11.4 Å². The van der Waals surface area contributed by atoms with Crippen LogP contribution in [-0.4, -0.2) is 48.8 Å². The number of carbonyl (C=O) groups is 2. The fourth-order valence-corrected chi connectivity index (χ4v) is 7.64. The number of ether oxygens (including phenoxy) is 1. The third-order valence-corrected chi connectivity index (χ3v) is 10.4. The van der Waals surface area contributed by atoms with E-state index in [4.69, 9.17) is 9.97 Å². The van der Waals surface area contributed by atoms with Crippen molar-refractivity contribution in [3.8, 4) is 49.7 Å². The SMILES string of the molecule is COc1ncc[nH]1.O=C1Cc2cc(-c3csc(-c4ccccc4)n3)ccc2N1.O=C1Nc2ccc(-c3csc(-c4ccccc4)n3)cc2/C1=C/c1ncc[nH]1. The molecule has 0 radical (unpaired) electrons. The standard InChI is InChI=1S/C21H14N4OS.C17H12N2OS.C4H6N2O/c26-20-16(11-19-22-8-9-23-19)15-10-14(6-7-17(15)24-20)18-12-27-21(25-18)13-4-2-1-3-5-13;20-16-9-13-8-12(6-7-14(13)18-16)15-10-21-17(19-15)11-4-2-1-3-5-11;1-7-4-5-2-3-6-4/h1-12H,(H,22,23)(H,24,26);1-8,10H,9H2,(H,18,20);2-3H,1H3,(H,5,6)/b16-11-;;. The minimum absolute atomic E-state index is 0.0606. The molecule has 2 aliphatic rings. The van der Waals surface area contributed by atoms with Crippen LogP contribution in [0.3, 0.4) is 0 Å². The van der Waals surface area contributed by atoms with E-state index in [0.29, 0.717) is 23.8 Å². The van der Waals surface area contributed by atoms with Gasteiger partial charge in [0, 0.05) is 74.7 Å². The number of hydrogen-bond acceptors (Lipinski definition) is 9. The molecular formula is C42H32N8O3S2. The number of aromatic amines is 2. The van der Waals surface area contributed by atoms with E-state index in [-0.39, 0.29) is 11.8 Å². The van der Waals surface area contributed by atoms with Gasteiger partial charge in [-0.25, -0.2) is 19.9 Å². The molecule has 0 aliphatic carbocycles. The third kappa shape index (κ3) is 8.03. The summed E-state index contributed by atoms with van der Waals surface area (Å²) in [6.07, 6.45) is 8.96. The van der Waals surface area contributed by atoms with E-state index < -0.39 is 0 Å². The van der Waals surface area contributed by atoms with Crippen LogP contribution in [-0.2, 0) is 16.0 Å². The van der Waals surface area contributed by atoms with Crippen LogP contribution < -0.4 is 15.4 Å². The topological polar surface area (TPSA) is 151 Å². The van der Waals surface area contributed by atoms with E-state index in [1.54, 1.807) is 60.6 Å². The Kier molecular flexibility index (Phi) is 10.2. The zero-order chi connectivity index (χ0) is 37.6. The Morgan fingerprint density at radius 3 is 1.87 bits per heavy atom. The fourth-order valence-electron chi connectivity index (χ4n) is 5.97. The summed E-state index contributed by atoms with van der Waals surface area (Å²) in [5.41, 5.74) is 10.4. The maximum Gasteiger partial charge on any atom is 0.293 e. The van der Waals surface area contributed by atoms with Crippen molar-refractivity contribution >= 4 is 57.5 Å². The number of thiazole rings is 2. The number of carbonyl (C=O) groups excluding carboxylic acids is 2. The Hall–Kier alpha value is -6.96. The summed E-state index contributed by atoms with van der Waals surface area (Å²) >= 11 is 3.25. The van der Waals surface area contributed by atoms with Crippen LogP contribution in [0.2, 0.25) is 0 Å². The Labute approximate surface area is 323 Å². The molecular weight excluding hydrogens is 729 g/mol. The lowest BCUT2D eigenvalue weighted by Gasteiger charge is -2.02. The number of anilines is 2. The van der Waals surface area contributed by atoms with Crippen molar-refractivity contribution in [1.82, 2.24) is 29.9 Å². The van der Waals surface area contributed by atoms with Crippen LogP contribution in [0.25, 0.3) is 55.3 Å². The predicted octanol–water partition coefficient (Wildman–Crippen LogP) is 9.08. The minimum atomic E-state index is -0.123. The highest BCUT2D eigenvalue weighted by Crippen LogP contribution is 2.37. The summed E-state index contributed by atoms with van der Waals surface area (Å²) < 4.78 is 4.69. The number of methoxy groups -OCH3 is 1. The second-order valence-electron chi connectivity index (χ2n) is 12.3. The maximum atomic E-state index is 12.4. The second-order valence-corrected chi connectivity index (χ2v) is 14.0. The summed E-state index contributed by atoms with van der Waals surface area (Å²) in [6, 6.07) is 32.8. The maximum absolute atomic E-state index is 12.4. The van der Waals surface area contributed by atoms with Gasteiger partial charge in [0.05, 0.1) is 30.5 Å².